The van der Waals surface area contributed by atoms with Gasteiger partial charge in [-0.05, 0) is 74.0 Å². The fourth-order valence-electron chi connectivity index (χ4n) is 8.54. The van der Waals surface area contributed by atoms with Gasteiger partial charge in [-0.2, -0.15) is 0 Å². The van der Waals surface area contributed by atoms with Gasteiger partial charge < -0.3 is 10.2 Å². The fourth-order valence-corrected chi connectivity index (χ4v) is 8.54. The molecule has 4 aliphatic rings. The normalized spacial score (nSPS) is 24.5. The summed E-state index contributed by atoms with van der Waals surface area (Å²) in [4.78, 5) is 92.0. The Bertz CT molecular complexity index is 1360. The van der Waals surface area contributed by atoms with Crippen LogP contribution in [0.25, 0.3) is 0 Å². The molecule has 10 heteroatoms. The monoisotopic (exact) mass is 662 g/mol. The van der Waals surface area contributed by atoms with Gasteiger partial charge in [0.25, 0.3) is 0 Å². The van der Waals surface area contributed by atoms with Gasteiger partial charge in [-0.25, -0.2) is 4.98 Å². The number of hydrogen-bond acceptors (Lipinski definition) is 8. The summed E-state index contributed by atoms with van der Waals surface area (Å²) in [6.07, 6.45) is 14.1. The van der Waals surface area contributed by atoms with Gasteiger partial charge in [-0.1, -0.05) is 53.4 Å². The van der Waals surface area contributed by atoms with Crippen molar-refractivity contribution in [3.8, 4) is 0 Å². The zero-order chi connectivity index (χ0) is 34.6. The van der Waals surface area contributed by atoms with Gasteiger partial charge in [0.2, 0.25) is 17.6 Å². The Balaban J connectivity index is 1.35. The number of Topliss-reactive ketones (excluding diaryl/α,β-unsaturated/α-hetero) is 4. The lowest BCUT2D eigenvalue weighted by Crippen LogP contribution is -2.58. The first kappa shape index (κ1) is 36.0. The summed E-state index contributed by atoms with van der Waals surface area (Å²) in [6.45, 7) is 8.10. The minimum Gasteiger partial charge on any atom is -0.344 e. The molecule has 1 aromatic heterocycles. The molecule has 1 saturated heterocycles. The zero-order valence-electron chi connectivity index (χ0n) is 29.2. The topological polar surface area (TPSA) is 143 Å². The molecule has 4 fully saturated rings. The highest BCUT2D eigenvalue weighted by Crippen LogP contribution is 2.44. The summed E-state index contributed by atoms with van der Waals surface area (Å²) in [6, 6.07) is -1.59. The third-order valence-corrected chi connectivity index (χ3v) is 11.4. The number of amides is 2. The van der Waals surface area contributed by atoms with Crippen LogP contribution in [-0.4, -0.2) is 68.4 Å². The highest BCUT2D eigenvalue weighted by atomic mass is 16.2. The maximum atomic E-state index is 14.6. The van der Waals surface area contributed by atoms with Crippen molar-refractivity contribution in [2.75, 3.05) is 6.54 Å². The number of nitrogens with zero attached hydrogens (tertiary/aromatic N) is 3. The number of carbonyl (C=O) groups excluding carboxylic acids is 6. The third kappa shape index (κ3) is 8.46. The Morgan fingerprint density at radius 1 is 0.938 bits per heavy atom. The summed E-state index contributed by atoms with van der Waals surface area (Å²) < 4.78 is 0. The van der Waals surface area contributed by atoms with E-state index in [1.54, 1.807) is 4.90 Å². The molecule has 48 heavy (non-hydrogen) atoms. The molecule has 262 valence electrons. The van der Waals surface area contributed by atoms with Crippen molar-refractivity contribution >= 4 is 34.9 Å². The van der Waals surface area contributed by atoms with Crippen LogP contribution in [0.1, 0.15) is 128 Å². The zero-order valence-corrected chi connectivity index (χ0v) is 29.2. The van der Waals surface area contributed by atoms with E-state index < -0.39 is 35.1 Å². The van der Waals surface area contributed by atoms with E-state index in [1.807, 2.05) is 27.7 Å². The Hall–Kier alpha value is -3.30. The van der Waals surface area contributed by atoms with Crippen molar-refractivity contribution in [1.29, 1.82) is 0 Å². The second-order valence-electron chi connectivity index (χ2n) is 16.1. The highest BCUT2D eigenvalue weighted by Gasteiger charge is 2.52. The van der Waals surface area contributed by atoms with Gasteiger partial charge in [-0.15, -0.1) is 0 Å². The maximum Gasteiger partial charge on any atom is 0.246 e. The van der Waals surface area contributed by atoms with E-state index in [0.29, 0.717) is 25.3 Å². The summed E-state index contributed by atoms with van der Waals surface area (Å²) in [5, 5.41) is 3.08. The Morgan fingerprint density at radius 2 is 1.67 bits per heavy atom. The molecule has 0 spiro atoms. The summed E-state index contributed by atoms with van der Waals surface area (Å²) in [5.74, 6) is -2.58. The predicted molar refractivity (Wildman–Crippen MR) is 180 cm³/mol. The van der Waals surface area contributed by atoms with Crippen molar-refractivity contribution in [3.63, 3.8) is 0 Å². The second kappa shape index (κ2) is 15.5. The largest absolute Gasteiger partial charge is 0.344 e. The number of carbonyl (C=O) groups is 6. The van der Waals surface area contributed by atoms with E-state index >= 15 is 0 Å². The first-order valence-electron chi connectivity index (χ1n) is 18.4. The van der Waals surface area contributed by atoms with Gasteiger partial charge in [0.15, 0.2) is 17.3 Å². The van der Waals surface area contributed by atoms with Crippen molar-refractivity contribution in [2.45, 2.75) is 130 Å². The minimum atomic E-state index is -0.914. The lowest BCUT2D eigenvalue weighted by atomic mass is 9.81. The van der Waals surface area contributed by atoms with E-state index in [4.69, 9.17) is 0 Å². The molecule has 10 nitrogen and oxygen atoms in total. The predicted octanol–water partition coefficient (Wildman–Crippen LogP) is 5.33. The number of aromatic nitrogens is 2. The number of rotatable bonds is 16. The van der Waals surface area contributed by atoms with Gasteiger partial charge in [-0.3, -0.25) is 33.8 Å². The first-order chi connectivity index (χ1) is 22.9. The van der Waals surface area contributed by atoms with Crippen molar-refractivity contribution in [3.05, 3.63) is 24.3 Å². The van der Waals surface area contributed by atoms with Gasteiger partial charge in [0, 0.05) is 50.0 Å². The Kier molecular flexibility index (Phi) is 11.6. The average Bonchev–Trinajstić information content (AvgIpc) is 3.40. The van der Waals surface area contributed by atoms with Crippen LogP contribution >= 0.6 is 0 Å². The molecule has 2 amide bonds. The smallest absolute Gasteiger partial charge is 0.246 e. The van der Waals surface area contributed by atoms with E-state index in [2.05, 4.69) is 15.3 Å². The molecule has 3 aliphatic carbocycles. The summed E-state index contributed by atoms with van der Waals surface area (Å²) >= 11 is 0. The highest BCUT2D eigenvalue weighted by molar-refractivity contribution is 6.38. The number of likely N-dealkylation sites (tertiary alicyclic amines) is 1. The van der Waals surface area contributed by atoms with E-state index in [-0.39, 0.29) is 71.9 Å². The van der Waals surface area contributed by atoms with Crippen molar-refractivity contribution in [1.82, 2.24) is 20.2 Å². The van der Waals surface area contributed by atoms with Crippen LogP contribution in [0.4, 0.5) is 0 Å². The van der Waals surface area contributed by atoms with Crippen LogP contribution in [0.2, 0.25) is 0 Å². The molecular weight excluding hydrogens is 608 g/mol. The number of hydrogen-bond donors (Lipinski definition) is 1. The molecule has 1 aromatic rings. The van der Waals surface area contributed by atoms with E-state index in [9.17, 15) is 28.8 Å². The molecule has 0 radical (unpaired) electrons. The van der Waals surface area contributed by atoms with Gasteiger partial charge in [0.05, 0.1) is 12.2 Å². The van der Waals surface area contributed by atoms with Gasteiger partial charge in [0.1, 0.15) is 11.7 Å². The summed E-state index contributed by atoms with van der Waals surface area (Å²) in [7, 11) is 0. The van der Waals surface area contributed by atoms with Crippen LogP contribution in [-0.2, 0) is 24.0 Å². The molecular formula is C38H54N4O6. The number of ketones is 4. The van der Waals surface area contributed by atoms with Gasteiger partial charge >= 0.3 is 0 Å². The molecule has 0 aromatic carbocycles. The number of fused-ring (bicyclic) bond motifs is 1. The molecule has 1 N–H and O–H groups in total. The van der Waals surface area contributed by atoms with Crippen molar-refractivity contribution in [2.24, 2.45) is 40.9 Å². The van der Waals surface area contributed by atoms with Crippen LogP contribution in [0.5, 0.6) is 0 Å². The SMILES string of the molecule is CCC[C@H](CC(=O)[C@@H]1[C@H]2CCC[C@H]2CN1C(=O)[C@@H](NC(=O)[C@@H](CC(=O)c1cnccn1)C1CCCC1)C(C)(C)C)C(=O)C(=O)CC1CC1. The van der Waals surface area contributed by atoms with Crippen LogP contribution in [0.3, 0.4) is 0 Å². The molecule has 1 aliphatic heterocycles. The van der Waals surface area contributed by atoms with E-state index in [1.165, 1.54) is 18.6 Å². The summed E-state index contributed by atoms with van der Waals surface area (Å²) in [5.41, 5.74) is -0.459. The Morgan fingerprint density at radius 3 is 2.29 bits per heavy atom. The minimum absolute atomic E-state index is 0.00755. The molecule has 0 bridgehead atoms. The molecule has 5 rings (SSSR count). The number of nitrogens with one attached hydrogen (secondary N) is 1. The molecule has 6 atom stereocenters. The van der Waals surface area contributed by atoms with Crippen LogP contribution < -0.4 is 5.32 Å². The first-order valence-corrected chi connectivity index (χ1v) is 18.4. The van der Waals surface area contributed by atoms with Crippen molar-refractivity contribution < 1.29 is 28.8 Å². The standard InChI is InChI=1S/C38H54N4O6/c1-5-9-25(34(46)32(45)18-23-14-15-23)19-31(44)33-27-13-8-12-26(27)22-42(33)37(48)35(38(2,3)4)41-36(47)28(24-10-6-7-11-24)20-30(43)29-21-39-16-17-40-29/h16-17,21,23-28,33,35H,5-15,18-20,22H2,1-4H3,(H,41,47)/t25-,26+,27+,28+,33+,35-/m1/s1. The Labute approximate surface area is 285 Å². The quantitative estimate of drug-likeness (QED) is 0.185. The third-order valence-electron chi connectivity index (χ3n) is 11.4. The average molecular weight is 663 g/mol. The lowest BCUT2D eigenvalue weighted by molar-refractivity contribution is -0.146. The molecule has 2 heterocycles. The second-order valence-corrected chi connectivity index (χ2v) is 16.1. The lowest BCUT2D eigenvalue weighted by Gasteiger charge is -2.37. The molecule has 3 saturated carbocycles. The van der Waals surface area contributed by atoms with E-state index in [0.717, 1.165) is 57.8 Å². The fraction of sp³-hybridized carbons (Fsp3) is 0.737. The van der Waals surface area contributed by atoms with Crippen LogP contribution in [0, 0.1) is 40.9 Å². The maximum absolute atomic E-state index is 14.6. The van der Waals surface area contributed by atoms with Crippen LogP contribution in [0.15, 0.2) is 18.6 Å². The molecule has 0 unspecified atom stereocenters.